The van der Waals surface area contributed by atoms with Crippen LogP contribution in [0, 0.1) is 5.92 Å². The minimum absolute atomic E-state index is 0.195. The van der Waals surface area contributed by atoms with Crippen LogP contribution in [-0.4, -0.2) is 24.9 Å². The summed E-state index contributed by atoms with van der Waals surface area (Å²) >= 11 is 0. The highest BCUT2D eigenvalue weighted by molar-refractivity contribution is 5.78. The van der Waals surface area contributed by atoms with Crippen LogP contribution in [0.1, 0.15) is 35.7 Å². The first-order valence-corrected chi connectivity index (χ1v) is 8.42. The Hall–Kier alpha value is -3.05. The van der Waals surface area contributed by atoms with E-state index < -0.39 is 52.3 Å². The van der Waals surface area contributed by atoms with Crippen molar-refractivity contribution in [2.24, 2.45) is 5.92 Å². The number of hydrogen-bond acceptors (Lipinski definition) is 4. The maximum absolute atomic E-state index is 13.4. The topological polar surface area (TPSA) is 83.8 Å². The summed E-state index contributed by atoms with van der Waals surface area (Å²) in [6, 6.07) is 2.24. The molecule has 2 aromatic heterocycles. The molecule has 6 nitrogen and oxygen atoms in total. The zero-order valence-electron chi connectivity index (χ0n) is 14.3. The maximum Gasteiger partial charge on any atom is 0.436 e. The summed E-state index contributed by atoms with van der Waals surface area (Å²) in [5.41, 5.74) is -3.79. The van der Waals surface area contributed by atoms with Crippen LogP contribution in [0.4, 0.5) is 26.3 Å². The number of benzene rings is 1. The fourth-order valence-corrected chi connectivity index (χ4v) is 3.32. The molecule has 3 aromatic rings. The fourth-order valence-electron chi connectivity index (χ4n) is 3.32. The quantitative estimate of drug-likeness (QED) is 0.633. The number of nitrogens with zero attached hydrogens (tertiary/aromatic N) is 3. The minimum atomic E-state index is -4.97. The van der Waals surface area contributed by atoms with E-state index in [1.807, 2.05) is 0 Å². The number of aromatic nitrogens is 4. The SMILES string of the molecule is O=c1[nH]c(O)nc2c1c(C(F)(F)F)nn2[C@@H](c1ccc(C(F)(F)F)cc1)C1CC1. The van der Waals surface area contributed by atoms with Crippen molar-refractivity contribution in [3.63, 3.8) is 0 Å². The lowest BCUT2D eigenvalue weighted by Crippen LogP contribution is -2.17. The zero-order chi connectivity index (χ0) is 21.1. The highest BCUT2D eigenvalue weighted by atomic mass is 19.4. The largest absolute Gasteiger partial charge is 0.480 e. The van der Waals surface area contributed by atoms with Gasteiger partial charge in [0.1, 0.15) is 5.39 Å². The fraction of sp³-hybridized carbons (Fsp3) is 0.353. The van der Waals surface area contributed by atoms with Crippen molar-refractivity contribution in [3.8, 4) is 6.01 Å². The second kappa shape index (κ2) is 6.22. The van der Waals surface area contributed by atoms with Gasteiger partial charge in [-0.2, -0.15) is 36.4 Å². The monoisotopic (exact) mass is 418 g/mol. The molecule has 0 unspecified atom stereocenters. The Kier molecular flexibility index (Phi) is 4.14. The molecule has 1 fully saturated rings. The van der Waals surface area contributed by atoms with Gasteiger partial charge in [-0.3, -0.25) is 9.78 Å². The van der Waals surface area contributed by atoms with Crippen LogP contribution in [0.2, 0.25) is 0 Å². The van der Waals surface area contributed by atoms with Crippen molar-refractivity contribution in [1.82, 2.24) is 19.7 Å². The number of H-pyrrole nitrogens is 1. The summed E-state index contributed by atoms with van der Waals surface area (Å²) < 4.78 is 79.7. The predicted octanol–water partition coefficient (Wildman–Crippen LogP) is 3.86. The van der Waals surface area contributed by atoms with Gasteiger partial charge in [0, 0.05) is 0 Å². The van der Waals surface area contributed by atoms with E-state index in [-0.39, 0.29) is 5.92 Å². The number of rotatable bonds is 3. The average Bonchev–Trinajstić information content (AvgIpc) is 3.35. The van der Waals surface area contributed by atoms with Crippen molar-refractivity contribution in [2.45, 2.75) is 31.2 Å². The summed E-state index contributed by atoms with van der Waals surface area (Å²) in [7, 11) is 0. The van der Waals surface area contributed by atoms with Crippen molar-refractivity contribution in [2.75, 3.05) is 0 Å². The Bertz CT molecular complexity index is 1130. The molecule has 0 radical (unpaired) electrons. The molecule has 2 heterocycles. The lowest BCUT2D eigenvalue weighted by atomic mass is 10.0. The third kappa shape index (κ3) is 3.42. The van der Waals surface area contributed by atoms with E-state index in [0.717, 1.165) is 16.8 Å². The van der Waals surface area contributed by atoms with Gasteiger partial charge in [-0.1, -0.05) is 12.1 Å². The predicted molar refractivity (Wildman–Crippen MR) is 87.1 cm³/mol. The molecular weight excluding hydrogens is 406 g/mol. The molecule has 1 saturated carbocycles. The third-order valence-electron chi connectivity index (χ3n) is 4.73. The van der Waals surface area contributed by atoms with E-state index in [4.69, 9.17) is 0 Å². The molecule has 4 rings (SSSR count). The van der Waals surface area contributed by atoms with Gasteiger partial charge in [0.25, 0.3) is 11.6 Å². The standard InChI is InChI=1S/C17H12F6N4O2/c18-16(19,20)9-5-3-8(4-6-9)11(7-1-2-7)27-13-10(12(26-27)17(21,22)23)14(28)25-15(29)24-13/h3-7,11H,1-2H2,(H2,24,25,28,29)/t11-/m1/s1. The van der Waals surface area contributed by atoms with Gasteiger partial charge in [-0.05, 0) is 36.5 Å². The second-order valence-electron chi connectivity index (χ2n) is 6.78. The smallest absolute Gasteiger partial charge is 0.436 e. The summed E-state index contributed by atoms with van der Waals surface area (Å²) in [6.07, 6.45) is -8.30. The zero-order valence-corrected chi connectivity index (χ0v) is 14.3. The number of fused-ring (bicyclic) bond motifs is 1. The Morgan fingerprint density at radius 3 is 2.21 bits per heavy atom. The minimum Gasteiger partial charge on any atom is -0.480 e. The van der Waals surface area contributed by atoms with Gasteiger partial charge in [0.2, 0.25) is 0 Å². The van der Waals surface area contributed by atoms with E-state index >= 15 is 0 Å². The lowest BCUT2D eigenvalue weighted by molar-refractivity contribution is -0.140. The van der Waals surface area contributed by atoms with E-state index in [9.17, 15) is 36.2 Å². The first-order valence-electron chi connectivity index (χ1n) is 8.42. The Morgan fingerprint density at radius 2 is 1.69 bits per heavy atom. The van der Waals surface area contributed by atoms with E-state index in [1.54, 1.807) is 4.98 Å². The molecule has 0 spiro atoms. The lowest BCUT2D eigenvalue weighted by Gasteiger charge is -2.19. The van der Waals surface area contributed by atoms with Crippen molar-refractivity contribution < 1.29 is 31.4 Å². The summed E-state index contributed by atoms with van der Waals surface area (Å²) in [5, 5.41) is 12.3. The average molecular weight is 418 g/mol. The highest BCUT2D eigenvalue weighted by Gasteiger charge is 2.42. The van der Waals surface area contributed by atoms with Crippen molar-refractivity contribution in [3.05, 3.63) is 51.4 Å². The first-order chi connectivity index (χ1) is 13.5. The van der Waals surface area contributed by atoms with E-state index in [0.29, 0.717) is 18.4 Å². The molecule has 0 aliphatic heterocycles. The molecule has 29 heavy (non-hydrogen) atoms. The van der Waals surface area contributed by atoms with Crippen LogP contribution in [0.25, 0.3) is 11.0 Å². The summed E-state index contributed by atoms with van der Waals surface area (Å²) in [6.45, 7) is 0. The van der Waals surface area contributed by atoms with Crippen LogP contribution in [-0.2, 0) is 12.4 Å². The number of alkyl halides is 6. The van der Waals surface area contributed by atoms with Gasteiger partial charge in [0.05, 0.1) is 11.6 Å². The number of aromatic hydroxyl groups is 1. The Labute approximate surface area is 157 Å². The van der Waals surface area contributed by atoms with Gasteiger partial charge in [-0.15, -0.1) is 0 Å². The van der Waals surface area contributed by atoms with Gasteiger partial charge >= 0.3 is 12.4 Å². The van der Waals surface area contributed by atoms with E-state index in [2.05, 4.69) is 10.1 Å². The Balaban J connectivity index is 1.92. The molecule has 1 aliphatic carbocycles. The number of hydrogen-bond donors (Lipinski definition) is 2. The molecule has 2 N–H and O–H groups in total. The normalized spacial score (nSPS) is 16.3. The molecule has 1 atom stereocenters. The maximum atomic E-state index is 13.4. The van der Waals surface area contributed by atoms with Crippen molar-refractivity contribution in [1.29, 1.82) is 0 Å². The van der Waals surface area contributed by atoms with Crippen LogP contribution >= 0.6 is 0 Å². The molecule has 154 valence electrons. The molecule has 0 amide bonds. The summed E-state index contributed by atoms with van der Waals surface area (Å²) in [5.74, 6) is -0.195. The molecular formula is C17H12F6N4O2. The molecule has 1 aromatic carbocycles. The van der Waals surface area contributed by atoms with Crippen molar-refractivity contribution >= 4 is 11.0 Å². The molecule has 12 heteroatoms. The third-order valence-corrected chi connectivity index (χ3v) is 4.73. The highest BCUT2D eigenvalue weighted by Crippen LogP contribution is 2.45. The van der Waals surface area contributed by atoms with Gasteiger partial charge < -0.3 is 5.11 Å². The Morgan fingerprint density at radius 1 is 1.07 bits per heavy atom. The van der Waals surface area contributed by atoms with Crippen LogP contribution < -0.4 is 5.56 Å². The summed E-state index contributed by atoms with van der Waals surface area (Å²) in [4.78, 5) is 17.4. The molecule has 0 bridgehead atoms. The van der Waals surface area contributed by atoms with E-state index in [1.165, 1.54) is 12.1 Å². The molecule has 1 aliphatic rings. The van der Waals surface area contributed by atoms with Gasteiger partial charge in [0.15, 0.2) is 11.3 Å². The van der Waals surface area contributed by atoms with Gasteiger partial charge in [-0.25, -0.2) is 4.68 Å². The number of nitrogens with one attached hydrogen (secondary N) is 1. The first kappa shape index (κ1) is 19.3. The number of halogens is 6. The number of aromatic amines is 1. The van der Waals surface area contributed by atoms with Crippen LogP contribution in [0.15, 0.2) is 29.1 Å². The second-order valence-corrected chi connectivity index (χ2v) is 6.78. The molecule has 0 saturated heterocycles. The van der Waals surface area contributed by atoms with Crippen LogP contribution in [0.5, 0.6) is 6.01 Å². The van der Waals surface area contributed by atoms with Crippen LogP contribution in [0.3, 0.4) is 0 Å².